The van der Waals surface area contributed by atoms with Gasteiger partial charge in [0.2, 0.25) is 11.0 Å². The number of nitrogens with zero attached hydrogens (tertiary/aromatic N) is 4. The number of rotatable bonds is 4. The first-order valence-electron chi connectivity index (χ1n) is 8.30. The minimum absolute atomic E-state index is 0.00121. The largest absolute Gasteiger partial charge is 0.448 e. The lowest BCUT2D eigenvalue weighted by Gasteiger charge is -2.19. The molecule has 0 fully saturated rings. The second-order valence-corrected chi connectivity index (χ2v) is 6.95. The van der Waals surface area contributed by atoms with Crippen molar-refractivity contribution in [2.24, 2.45) is 0 Å². The molecule has 1 atom stereocenters. The summed E-state index contributed by atoms with van der Waals surface area (Å²) < 4.78 is 6.09. The Kier molecular flexibility index (Phi) is 4.59. The monoisotopic (exact) mass is 381 g/mol. The highest BCUT2D eigenvalue weighted by atomic mass is 32.2. The normalized spacial score (nSPS) is 14.9. The van der Waals surface area contributed by atoms with Gasteiger partial charge in [-0.05, 0) is 11.8 Å². The van der Waals surface area contributed by atoms with Crippen LogP contribution >= 0.6 is 11.8 Å². The molecule has 8 nitrogen and oxygen atoms in total. The Morgan fingerprint density at radius 1 is 1.22 bits per heavy atom. The lowest BCUT2D eigenvalue weighted by atomic mass is 10.1. The number of para-hydroxylation sites is 1. The number of hydrogen-bond acceptors (Lipinski definition) is 8. The van der Waals surface area contributed by atoms with Crippen molar-refractivity contribution in [2.75, 3.05) is 11.1 Å². The van der Waals surface area contributed by atoms with Crippen LogP contribution in [0.15, 0.2) is 53.7 Å². The summed E-state index contributed by atoms with van der Waals surface area (Å²) >= 11 is 1.47. The second-order valence-electron chi connectivity index (χ2n) is 5.72. The molecule has 2 aromatic carbocycles. The van der Waals surface area contributed by atoms with E-state index in [1.807, 2.05) is 31.2 Å². The fraction of sp³-hybridized carbons (Fsp3) is 0.167. The van der Waals surface area contributed by atoms with Gasteiger partial charge >= 0.3 is 0 Å². The molecule has 3 aromatic rings. The molecule has 1 aromatic heterocycles. The third-order valence-electron chi connectivity index (χ3n) is 3.99. The first-order valence-corrected chi connectivity index (χ1v) is 9.28. The van der Waals surface area contributed by atoms with E-state index in [4.69, 9.17) is 4.74 Å². The van der Waals surface area contributed by atoms with Crippen LogP contribution in [0.25, 0.3) is 11.3 Å². The van der Waals surface area contributed by atoms with Crippen molar-refractivity contribution in [3.05, 3.63) is 64.2 Å². The lowest BCUT2D eigenvalue weighted by Crippen LogP contribution is -2.17. The summed E-state index contributed by atoms with van der Waals surface area (Å²) in [5, 5.41) is 23.4. The quantitative estimate of drug-likeness (QED) is 0.410. The topological polar surface area (TPSA) is 103 Å². The molecule has 0 radical (unpaired) electrons. The maximum atomic E-state index is 11.1. The second kappa shape index (κ2) is 7.20. The van der Waals surface area contributed by atoms with Crippen LogP contribution < -0.4 is 10.1 Å². The fourth-order valence-electron chi connectivity index (χ4n) is 2.79. The Morgan fingerprint density at radius 3 is 2.89 bits per heavy atom. The number of aromatic nitrogens is 3. The predicted octanol–water partition coefficient (Wildman–Crippen LogP) is 4.06. The van der Waals surface area contributed by atoms with Crippen molar-refractivity contribution in [3.63, 3.8) is 0 Å². The number of ether oxygens (including phenoxy) is 1. The van der Waals surface area contributed by atoms with E-state index in [2.05, 4.69) is 20.5 Å². The van der Waals surface area contributed by atoms with E-state index in [0.29, 0.717) is 22.3 Å². The lowest BCUT2D eigenvalue weighted by molar-refractivity contribution is -0.385. The summed E-state index contributed by atoms with van der Waals surface area (Å²) in [4.78, 5) is 15.2. The summed E-state index contributed by atoms with van der Waals surface area (Å²) in [7, 11) is 0. The highest BCUT2D eigenvalue weighted by molar-refractivity contribution is 7.99. The zero-order chi connectivity index (χ0) is 18.8. The zero-order valence-electron chi connectivity index (χ0n) is 14.3. The van der Waals surface area contributed by atoms with E-state index in [1.54, 1.807) is 12.1 Å². The molecule has 4 rings (SSSR count). The van der Waals surface area contributed by atoms with Crippen LogP contribution in [0.3, 0.4) is 0 Å². The number of hydrogen-bond donors (Lipinski definition) is 1. The van der Waals surface area contributed by atoms with E-state index < -0.39 is 11.2 Å². The van der Waals surface area contributed by atoms with Gasteiger partial charge < -0.3 is 10.1 Å². The average molecular weight is 381 g/mol. The van der Waals surface area contributed by atoms with Crippen molar-refractivity contribution in [3.8, 4) is 17.1 Å². The van der Waals surface area contributed by atoms with Gasteiger partial charge in [-0.15, -0.1) is 10.2 Å². The van der Waals surface area contributed by atoms with Gasteiger partial charge in [-0.3, -0.25) is 10.1 Å². The number of nitro groups is 1. The molecular weight excluding hydrogens is 366 g/mol. The molecule has 0 saturated heterocycles. The predicted molar refractivity (Wildman–Crippen MR) is 102 cm³/mol. The Morgan fingerprint density at radius 2 is 2.07 bits per heavy atom. The average Bonchev–Trinajstić information content (AvgIpc) is 2.85. The maximum absolute atomic E-state index is 11.1. The fourth-order valence-corrected chi connectivity index (χ4v) is 3.29. The molecule has 1 aliphatic rings. The molecule has 0 amide bonds. The van der Waals surface area contributed by atoms with Crippen molar-refractivity contribution in [1.82, 2.24) is 15.2 Å². The molecule has 9 heteroatoms. The minimum atomic E-state index is -0.650. The van der Waals surface area contributed by atoms with Gasteiger partial charge in [0.05, 0.1) is 4.92 Å². The van der Waals surface area contributed by atoms with Crippen LogP contribution in [0.4, 0.5) is 11.4 Å². The number of non-ortho nitro benzene ring substituents is 1. The first-order chi connectivity index (χ1) is 13.2. The van der Waals surface area contributed by atoms with Crippen molar-refractivity contribution < 1.29 is 9.66 Å². The van der Waals surface area contributed by atoms with Crippen LogP contribution in [-0.4, -0.2) is 25.9 Å². The summed E-state index contributed by atoms with van der Waals surface area (Å²) in [6, 6.07) is 13.9. The number of anilines is 1. The number of benzene rings is 2. The van der Waals surface area contributed by atoms with Crippen LogP contribution in [0.5, 0.6) is 5.88 Å². The van der Waals surface area contributed by atoms with Gasteiger partial charge in [-0.25, -0.2) is 0 Å². The highest BCUT2D eigenvalue weighted by Gasteiger charge is 2.26. The van der Waals surface area contributed by atoms with Crippen molar-refractivity contribution in [2.45, 2.75) is 18.3 Å². The van der Waals surface area contributed by atoms with Gasteiger partial charge in [-0.1, -0.05) is 49.0 Å². The van der Waals surface area contributed by atoms with Crippen LogP contribution in [0, 0.1) is 10.1 Å². The van der Waals surface area contributed by atoms with E-state index in [1.165, 1.54) is 23.9 Å². The molecule has 136 valence electrons. The van der Waals surface area contributed by atoms with Crippen LogP contribution in [0.2, 0.25) is 0 Å². The summed E-state index contributed by atoms with van der Waals surface area (Å²) in [5.41, 5.74) is 2.76. The maximum Gasteiger partial charge on any atom is 0.269 e. The summed E-state index contributed by atoms with van der Waals surface area (Å²) in [6.07, 6.45) is -0.650. The van der Waals surface area contributed by atoms with Gasteiger partial charge in [0, 0.05) is 28.9 Å². The molecule has 0 bridgehead atoms. The van der Waals surface area contributed by atoms with Gasteiger partial charge in [-0.2, -0.15) is 4.98 Å². The Labute approximate surface area is 159 Å². The highest BCUT2D eigenvalue weighted by Crippen LogP contribution is 2.39. The number of nitro benzene ring substituents is 1. The summed E-state index contributed by atoms with van der Waals surface area (Å²) in [5.74, 6) is 1.15. The Bertz CT molecular complexity index is 1010. The van der Waals surface area contributed by atoms with Crippen molar-refractivity contribution in [1.29, 1.82) is 0 Å². The standard InChI is InChI=1S/C18H15N5O3S/c1-2-27-18-20-17-15(21-22-18)13-8-3-4-9-14(13)19-16(26-17)11-6-5-7-12(10-11)23(24)25/h3-10,16,19H,2H2,1H3/t16-/m1/s1. The number of fused-ring (bicyclic) bond motifs is 3. The third kappa shape index (κ3) is 3.41. The Balaban J connectivity index is 1.82. The number of thioether (sulfide) groups is 1. The zero-order valence-corrected chi connectivity index (χ0v) is 15.1. The molecule has 1 N–H and O–H groups in total. The van der Waals surface area contributed by atoms with Crippen LogP contribution in [0.1, 0.15) is 18.7 Å². The molecular formula is C18H15N5O3S. The van der Waals surface area contributed by atoms with E-state index in [0.717, 1.165) is 17.0 Å². The minimum Gasteiger partial charge on any atom is -0.448 e. The molecule has 27 heavy (non-hydrogen) atoms. The third-order valence-corrected chi connectivity index (χ3v) is 4.71. The molecule has 0 spiro atoms. The van der Waals surface area contributed by atoms with Crippen molar-refractivity contribution >= 4 is 23.1 Å². The summed E-state index contributed by atoms with van der Waals surface area (Å²) in [6.45, 7) is 2.00. The van der Waals surface area contributed by atoms with E-state index in [-0.39, 0.29) is 5.69 Å². The van der Waals surface area contributed by atoms with E-state index >= 15 is 0 Å². The van der Waals surface area contributed by atoms with E-state index in [9.17, 15) is 10.1 Å². The number of nitrogens with one attached hydrogen (secondary N) is 1. The molecule has 1 aliphatic heterocycles. The van der Waals surface area contributed by atoms with Crippen LogP contribution in [-0.2, 0) is 0 Å². The molecule has 0 saturated carbocycles. The molecule has 0 unspecified atom stereocenters. The Hall–Kier alpha value is -3.20. The molecule has 0 aliphatic carbocycles. The SMILES string of the molecule is CCSc1nnc2c(n1)O[C@H](c1cccc([N+](=O)[O-])c1)Nc1ccccc1-2. The molecule has 2 heterocycles. The first kappa shape index (κ1) is 17.2. The van der Waals surface area contributed by atoms with Gasteiger partial charge in [0.1, 0.15) is 0 Å². The smallest absolute Gasteiger partial charge is 0.269 e. The van der Waals surface area contributed by atoms with Gasteiger partial charge in [0.25, 0.3) is 5.69 Å². The van der Waals surface area contributed by atoms with Gasteiger partial charge in [0.15, 0.2) is 11.9 Å².